The highest BCUT2D eigenvalue weighted by atomic mass is 16.6. The number of aryl methyl sites for hydroxylation is 1. The number of pyridine rings is 2. The summed E-state index contributed by atoms with van der Waals surface area (Å²) in [6.45, 7) is 2.16. The van der Waals surface area contributed by atoms with Gasteiger partial charge in [0.2, 0.25) is 0 Å². The summed E-state index contributed by atoms with van der Waals surface area (Å²) < 4.78 is 24.4. The van der Waals surface area contributed by atoms with Crippen LogP contribution in [0.15, 0.2) is 102 Å². The molecule has 2 aliphatic heterocycles. The van der Waals surface area contributed by atoms with Gasteiger partial charge in [-0.25, -0.2) is 9.78 Å². The number of ether oxygens (including phenoxy) is 4. The van der Waals surface area contributed by atoms with Crippen molar-refractivity contribution in [1.82, 2.24) is 14.5 Å². The third-order valence-electron chi connectivity index (χ3n) is 9.88. The third-order valence-corrected chi connectivity index (χ3v) is 9.88. The van der Waals surface area contributed by atoms with E-state index in [1.54, 1.807) is 39.7 Å². The predicted molar refractivity (Wildman–Crippen MR) is 192 cm³/mol. The molecule has 258 valence electrons. The second kappa shape index (κ2) is 13.7. The normalized spacial score (nSPS) is 19.1. The summed E-state index contributed by atoms with van der Waals surface area (Å²) in [5.74, 6) is 2.75. The molecular formula is C39H41N5O6. The Labute approximate surface area is 290 Å². The first-order valence-corrected chi connectivity index (χ1v) is 16.6. The van der Waals surface area contributed by atoms with Gasteiger partial charge in [0, 0.05) is 78.6 Å². The maximum Gasteiger partial charge on any atom is 0.410 e. The molecule has 4 heterocycles. The van der Waals surface area contributed by atoms with Gasteiger partial charge in [-0.15, -0.1) is 0 Å². The second-order valence-corrected chi connectivity index (χ2v) is 13.2. The zero-order valence-corrected chi connectivity index (χ0v) is 28.5. The fourth-order valence-electron chi connectivity index (χ4n) is 7.37. The van der Waals surface area contributed by atoms with Crippen LogP contribution in [-0.4, -0.2) is 60.0 Å². The topological polar surface area (TPSA) is 116 Å². The molecule has 1 amide bonds. The minimum Gasteiger partial charge on any atom is -0.497 e. The van der Waals surface area contributed by atoms with Crippen molar-refractivity contribution in [1.29, 1.82) is 0 Å². The van der Waals surface area contributed by atoms with Crippen molar-refractivity contribution >= 4 is 28.4 Å². The average molecular weight is 676 g/mol. The molecule has 2 N–H and O–H groups in total. The molecular weight excluding hydrogens is 634 g/mol. The second-order valence-electron chi connectivity index (χ2n) is 13.2. The van der Waals surface area contributed by atoms with Crippen molar-refractivity contribution < 1.29 is 23.7 Å². The fraction of sp³-hybridized carbons (Fsp3) is 0.308. The number of benzene rings is 3. The first-order valence-electron chi connectivity index (χ1n) is 16.6. The smallest absolute Gasteiger partial charge is 0.410 e. The van der Waals surface area contributed by atoms with Crippen molar-refractivity contribution in [3.63, 3.8) is 0 Å². The van der Waals surface area contributed by atoms with Gasteiger partial charge in [0.25, 0.3) is 5.56 Å². The van der Waals surface area contributed by atoms with Crippen molar-refractivity contribution in [3.05, 3.63) is 119 Å². The van der Waals surface area contributed by atoms with Crippen LogP contribution < -0.4 is 30.4 Å². The Balaban J connectivity index is 1.08. The molecule has 8 rings (SSSR count). The largest absolute Gasteiger partial charge is 0.497 e. The summed E-state index contributed by atoms with van der Waals surface area (Å²) in [7, 11) is 4.98. The van der Waals surface area contributed by atoms with E-state index in [4.69, 9.17) is 18.9 Å². The number of hydrogen-bond acceptors (Lipinski definition) is 9. The lowest BCUT2D eigenvalue weighted by Crippen LogP contribution is -2.56. The van der Waals surface area contributed by atoms with E-state index >= 15 is 0 Å². The van der Waals surface area contributed by atoms with E-state index in [-0.39, 0.29) is 23.7 Å². The van der Waals surface area contributed by atoms with E-state index in [1.165, 1.54) is 10.6 Å². The van der Waals surface area contributed by atoms with E-state index in [0.717, 1.165) is 57.7 Å². The lowest BCUT2D eigenvalue weighted by atomic mass is 9.62. The summed E-state index contributed by atoms with van der Waals surface area (Å²) >= 11 is 0. The molecule has 0 unspecified atom stereocenters. The molecule has 3 aliphatic rings. The molecule has 0 spiro atoms. The van der Waals surface area contributed by atoms with Crippen molar-refractivity contribution in [3.8, 4) is 17.2 Å². The zero-order valence-electron chi connectivity index (χ0n) is 28.5. The first-order chi connectivity index (χ1) is 24.3. The molecule has 1 aliphatic carbocycles. The third kappa shape index (κ3) is 6.50. The first kappa shape index (κ1) is 32.8. The van der Waals surface area contributed by atoms with Gasteiger partial charge in [-0.3, -0.25) is 4.79 Å². The van der Waals surface area contributed by atoms with Crippen LogP contribution >= 0.6 is 0 Å². The average Bonchev–Trinajstić information content (AvgIpc) is 3.64. The van der Waals surface area contributed by atoms with Crippen LogP contribution in [0.2, 0.25) is 0 Å². The maximum atomic E-state index is 13.7. The standard InChI is InChI=1S/C39H41N5O6/c1-43-17-15-30(19-35(43)45)50-26-38-22-39(23-38,44(25-38)37(46)49-21-27-8-5-4-6-9-27)24-42-33-11-7-10-32-31(33)14-16-40-36(32)41-20-28-12-13-29(47-2)18-34(28)48-3/h4-19,42H,20-26H2,1-3H3,(H,40,41). The van der Waals surface area contributed by atoms with Crippen LogP contribution in [0, 0.1) is 5.41 Å². The van der Waals surface area contributed by atoms with Crippen molar-refractivity contribution in [2.45, 2.75) is 31.5 Å². The van der Waals surface area contributed by atoms with Crippen LogP contribution in [-0.2, 0) is 24.9 Å². The molecule has 2 bridgehead atoms. The number of fused-ring (bicyclic) bond motifs is 2. The Hall–Kier alpha value is -5.71. The summed E-state index contributed by atoms with van der Waals surface area (Å²) in [6.07, 6.45) is 4.65. The van der Waals surface area contributed by atoms with Crippen LogP contribution in [0.5, 0.6) is 17.2 Å². The zero-order chi connectivity index (χ0) is 34.7. The summed E-state index contributed by atoms with van der Waals surface area (Å²) in [4.78, 5) is 32.4. The van der Waals surface area contributed by atoms with Gasteiger partial charge >= 0.3 is 6.09 Å². The fourth-order valence-corrected chi connectivity index (χ4v) is 7.37. The van der Waals surface area contributed by atoms with Crippen LogP contribution in [0.3, 0.4) is 0 Å². The Kier molecular flexibility index (Phi) is 8.96. The molecule has 5 aromatic rings. The number of carbonyl (C=O) groups excluding carboxylic acids is 1. The molecule has 11 nitrogen and oxygen atoms in total. The lowest BCUT2D eigenvalue weighted by molar-refractivity contribution is 0.0300. The van der Waals surface area contributed by atoms with Crippen LogP contribution in [0.1, 0.15) is 24.0 Å². The Morgan fingerprint density at radius 2 is 1.74 bits per heavy atom. The molecule has 1 saturated carbocycles. The highest BCUT2D eigenvalue weighted by Crippen LogP contribution is 2.59. The maximum absolute atomic E-state index is 13.7. The lowest BCUT2D eigenvalue weighted by Gasteiger charge is -2.47. The van der Waals surface area contributed by atoms with E-state index in [1.807, 2.05) is 77.7 Å². The Bertz CT molecular complexity index is 2060. The van der Waals surface area contributed by atoms with E-state index in [0.29, 0.717) is 32.0 Å². The number of anilines is 2. The number of methoxy groups -OCH3 is 2. The van der Waals surface area contributed by atoms with E-state index < -0.39 is 5.54 Å². The Morgan fingerprint density at radius 3 is 2.52 bits per heavy atom. The molecule has 3 aromatic carbocycles. The van der Waals surface area contributed by atoms with Crippen LogP contribution in [0.25, 0.3) is 10.8 Å². The van der Waals surface area contributed by atoms with Gasteiger partial charge in [0.05, 0.1) is 26.4 Å². The molecule has 2 aromatic heterocycles. The monoisotopic (exact) mass is 675 g/mol. The molecule has 50 heavy (non-hydrogen) atoms. The quantitative estimate of drug-likeness (QED) is 0.150. The van der Waals surface area contributed by atoms with E-state index in [9.17, 15) is 9.59 Å². The number of nitrogens with zero attached hydrogens (tertiary/aromatic N) is 3. The van der Waals surface area contributed by atoms with E-state index in [2.05, 4.69) is 15.6 Å². The van der Waals surface area contributed by atoms with Gasteiger partial charge in [-0.2, -0.15) is 0 Å². The van der Waals surface area contributed by atoms with Crippen LogP contribution in [0.4, 0.5) is 16.3 Å². The summed E-state index contributed by atoms with van der Waals surface area (Å²) in [5, 5.41) is 9.14. The number of hydrogen-bond donors (Lipinski definition) is 2. The SMILES string of the molecule is COc1ccc(CNc2nccc3c(NCC45CC(COc6ccn(C)c(=O)c6)(CN4C(=O)OCc4ccccc4)C5)cccc23)c(OC)c1. The number of nitrogens with one attached hydrogen (secondary N) is 2. The summed E-state index contributed by atoms with van der Waals surface area (Å²) in [6, 6.07) is 26.8. The Morgan fingerprint density at radius 1 is 0.900 bits per heavy atom. The molecule has 0 atom stereocenters. The van der Waals surface area contributed by atoms with Gasteiger partial charge in [0.1, 0.15) is 29.7 Å². The molecule has 11 heteroatoms. The number of aromatic nitrogens is 2. The minimum absolute atomic E-state index is 0.131. The van der Waals surface area contributed by atoms with Crippen molar-refractivity contribution in [2.75, 3.05) is 44.5 Å². The highest BCUT2D eigenvalue weighted by molar-refractivity contribution is 6.00. The number of amides is 1. The highest BCUT2D eigenvalue weighted by Gasteiger charge is 2.67. The minimum atomic E-state index is -0.453. The summed E-state index contributed by atoms with van der Waals surface area (Å²) in [5.41, 5.74) is 2.04. The van der Waals surface area contributed by atoms with Crippen molar-refractivity contribution in [2.24, 2.45) is 12.5 Å². The van der Waals surface area contributed by atoms with Gasteiger partial charge < -0.3 is 39.0 Å². The number of rotatable bonds is 13. The van der Waals surface area contributed by atoms with Gasteiger partial charge in [-0.1, -0.05) is 42.5 Å². The molecule has 2 saturated heterocycles. The molecule has 0 radical (unpaired) electrons. The predicted octanol–water partition coefficient (Wildman–Crippen LogP) is 6.23. The number of carbonyl (C=O) groups is 1. The van der Waals surface area contributed by atoms with Gasteiger partial charge in [-0.05, 0) is 48.7 Å². The van der Waals surface area contributed by atoms with Gasteiger partial charge in [0.15, 0.2) is 0 Å². The molecule has 3 fully saturated rings.